The summed E-state index contributed by atoms with van der Waals surface area (Å²) in [5, 5.41) is 16.4. The van der Waals surface area contributed by atoms with E-state index < -0.39 is 5.97 Å². The Hall–Kier alpha value is -2.60. The summed E-state index contributed by atoms with van der Waals surface area (Å²) < 4.78 is 0. The Bertz CT molecular complexity index is 520. The minimum atomic E-state index is -0.827. The van der Waals surface area contributed by atoms with Crippen molar-refractivity contribution in [2.24, 2.45) is 0 Å². The van der Waals surface area contributed by atoms with Crippen molar-refractivity contribution in [2.45, 2.75) is 20.3 Å². The van der Waals surface area contributed by atoms with Gasteiger partial charge in [0.25, 0.3) is 0 Å². The molecule has 1 rings (SSSR count). The quantitative estimate of drug-likeness (QED) is 0.506. The standard InChI is InChI=1S/C11H9N.C6H10O2/c12-10-6-2-5-9-11-7-3-1-4-8-11;1-3-4-5(2)6(7)8/h1-9H;4H,3H2,1-2H3,(H,7,8). The number of nitrogens with zero attached hydrogens (tertiary/aromatic N) is 1. The highest BCUT2D eigenvalue weighted by Crippen LogP contribution is 2.00. The van der Waals surface area contributed by atoms with Gasteiger partial charge in [-0.3, -0.25) is 0 Å². The number of rotatable bonds is 4. The number of carbonyl (C=O) groups is 1. The zero-order valence-electron chi connectivity index (χ0n) is 11.8. The van der Waals surface area contributed by atoms with Crippen LogP contribution in [0.5, 0.6) is 0 Å². The number of aliphatic carboxylic acids is 1. The first-order valence-corrected chi connectivity index (χ1v) is 6.29. The lowest BCUT2D eigenvalue weighted by Gasteiger charge is -1.87. The van der Waals surface area contributed by atoms with E-state index in [1.807, 2.05) is 55.5 Å². The Labute approximate surface area is 120 Å². The van der Waals surface area contributed by atoms with Gasteiger partial charge in [0, 0.05) is 11.6 Å². The third-order valence-corrected chi connectivity index (χ3v) is 2.22. The Kier molecular flexibility index (Phi) is 9.99. The highest BCUT2D eigenvalue weighted by molar-refractivity contribution is 5.85. The lowest BCUT2D eigenvalue weighted by atomic mass is 10.2. The highest BCUT2D eigenvalue weighted by Gasteiger charge is 1.94. The summed E-state index contributed by atoms with van der Waals surface area (Å²) in [6.45, 7) is 3.50. The minimum Gasteiger partial charge on any atom is -0.478 e. The first kappa shape index (κ1) is 17.4. The maximum Gasteiger partial charge on any atom is 0.330 e. The van der Waals surface area contributed by atoms with Gasteiger partial charge in [0.15, 0.2) is 0 Å². The van der Waals surface area contributed by atoms with Crippen LogP contribution < -0.4 is 0 Å². The first-order valence-electron chi connectivity index (χ1n) is 6.29. The third kappa shape index (κ3) is 9.43. The summed E-state index contributed by atoms with van der Waals surface area (Å²) in [6, 6.07) is 11.9. The number of allylic oxidation sites excluding steroid dienone is 4. The zero-order chi connectivity index (χ0) is 15.2. The molecule has 0 atom stereocenters. The van der Waals surface area contributed by atoms with Crippen molar-refractivity contribution in [1.29, 1.82) is 5.26 Å². The van der Waals surface area contributed by atoms with Gasteiger partial charge in [-0.05, 0) is 18.9 Å². The predicted octanol–water partition coefficient (Wildman–Crippen LogP) is 4.21. The van der Waals surface area contributed by atoms with Gasteiger partial charge in [-0.1, -0.05) is 61.6 Å². The van der Waals surface area contributed by atoms with E-state index in [2.05, 4.69) is 0 Å². The molecule has 0 aliphatic heterocycles. The summed E-state index contributed by atoms with van der Waals surface area (Å²) in [6.07, 6.45) is 9.43. The van der Waals surface area contributed by atoms with E-state index in [4.69, 9.17) is 10.4 Å². The van der Waals surface area contributed by atoms with E-state index in [1.165, 1.54) is 6.08 Å². The smallest absolute Gasteiger partial charge is 0.330 e. The monoisotopic (exact) mass is 269 g/mol. The topological polar surface area (TPSA) is 61.1 Å². The molecular formula is C17H19NO2. The van der Waals surface area contributed by atoms with Crippen LogP contribution >= 0.6 is 0 Å². The highest BCUT2D eigenvalue weighted by atomic mass is 16.4. The third-order valence-electron chi connectivity index (χ3n) is 2.22. The molecule has 20 heavy (non-hydrogen) atoms. The summed E-state index contributed by atoms with van der Waals surface area (Å²) in [5.41, 5.74) is 1.56. The van der Waals surface area contributed by atoms with E-state index in [0.29, 0.717) is 5.57 Å². The second kappa shape index (κ2) is 11.5. The SMILES string of the molecule is CCC=C(C)C(=O)O.N#CC=CC=Cc1ccccc1. The molecule has 0 aliphatic carbocycles. The zero-order valence-corrected chi connectivity index (χ0v) is 11.8. The fraction of sp³-hybridized carbons (Fsp3) is 0.176. The molecule has 0 saturated heterocycles. The minimum absolute atomic E-state index is 0.424. The molecule has 3 nitrogen and oxygen atoms in total. The average molecular weight is 269 g/mol. The van der Waals surface area contributed by atoms with Gasteiger partial charge < -0.3 is 5.11 Å². The van der Waals surface area contributed by atoms with Crippen molar-refractivity contribution in [3.8, 4) is 6.07 Å². The molecule has 3 heteroatoms. The van der Waals surface area contributed by atoms with Crippen molar-refractivity contribution >= 4 is 12.0 Å². The summed E-state index contributed by atoms with van der Waals surface area (Å²) in [5.74, 6) is -0.827. The number of carboxylic acid groups (broad SMARTS) is 1. The van der Waals surface area contributed by atoms with Gasteiger partial charge in [0.05, 0.1) is 6.07 Å². The molecule has 0 amide bonds. The Morgan fingerprint density at radius 3 is 2.40 bits per heavy atom. The molecule has 0 aliphatic rings. The van der Waals surface area contributed by atoms with Crippen molar-refractivity contribution in [3.05, 3.63) is 65.8 Å². The molecule has 104 valence electrons. The summed E-state index contributed by atoms with van der Waals surface area (Å²) in [4.78, 5) is 10.0. The fourth-order valence-corrected chi connectivity index (χ4v) is 1.22. The predicted molar refractivity (Wildman–Crippen MR) is 81.9 cm³/mol. The van der Waals surface area contributed by atoms with Crippen molar-refractivity contribution in [2.75, 3.05) is 0 Å². The number of hydrogen-bond acceptors (Lipinski definition) is 2. The first-order chi connectivity index (χ1) is 9.61. The van der Waals surface area contributed by atoms with Crippen LogP contribution in [0.4, 0.5) is 0 Å². The lowest BCUT2D eigenvalue weighted by molar-refractivity contribution is -0.132. The maximum absolute atomic E-state index is 10.0. The van der Waals surface area contributed by atoms with Crippen molar-refractivity contribution < 1.29 is 9.90 Å². The van der Waals surface area contributed by atoms with Gasteiger partial charge in [-0.25, -0.2) is 4.79 Å². The Morgan fingerprint density at radius 1 is 1.30 bits per heavy atom. The molecule has 0 bridgehead atoms. The van der Waals surface area contributed by atoms with E-state index in [9.17, 15) is 4.79 Å². The number of carboxylic acids is 1. The normalized spacial score (nSPS) is 10.9. The van der Waals surface area contributed by atoms with E-state index in [1.54, 1.807) is 19.1 Å². The van der Waals surface area contributed by atoms with Gasteiger partial charge in [0.2, 0.25) is 0 Å². The Balaban J connectivity index is 0.000000396. The maximum atomic E-state index is 10.0. The lowest BCUT2D eigenvalue weighted by Crippen LogP contribution is -1.94. The van der Waals surface area contributed by atoms with Crippen LogP contribution in [0.25, 0.3) is 6.08 Å². The summed E-state index contributed by atoms with van der Waals surface area (Å²) >= 11 is 0. The second-order valence-corrected chi connectivity index (χ2v) is 3.86. The molecule has 0 heterocycles. The van der Waals surface area contributed by atoms with Crippen LogP contribution in [0.15, 0.2) is 60.2 Å². The Morgan fingerprint density at radius 2 is 1.95 bits per heavy atom. The van der Waals surface area contributed by atoms with Gasteiger partial charge in [-0.15, -0.1) is 0 Å². The molecule has 0 saturated carbocycles. The van der Waals surface area contributed by atoms with Crippen LogP contribution in [-0.2, 0) is 4.79 Å². The van der Waals surface area contributed by atoms with Gasteiger partial charge in [-0.2, -0.15) is 5.26 Å². The van der Waals surface area contributed by atoms with Crippen molar-refractivity contribution in [1.82, 2.24) is 0 Å². The second-order valence-electron chi connectivity index (χ2n) is 3.86. The average Bonchev–Trinajstić information content (AvgIpc) is 2.46. The van der Waals surface area contributed by atoms with Crippen LogP contribution in [0.3, 0.4) is 0 Å². The largest absolute Gasteiger partial charge is 0.478 e. The van der Waals surface area contributed by atoms with Gasteiger partial charge in [0.1, 0.15) is 0 Å². The fourth-order valence-electron chi connectivity index (χ4n) is 1.22. The van der Waals surface area contributed by atoms with Crippen LogP contribution in [0.1, 0.15) is 25.8 Å². The van der Waals surface area contributed by atoms with E-state index >= 15 is 0 Å². The van der Waals surface area contributed by atoms with Crippen molar-refractivity contribution in [3.63, 3.8) is 0 Å². The number of hydrogen-bond donors (Lipinski definition) is 1. The van der Waals surface area contributed by atoms with E-state index in [0.717, 1.165) is 12.0 Å². The molecule has 0 unspecified atom stereocenters. The molecule has 1 aromatic rings. The molecule has 0 radical (unpaired) electrons. The van der Waals surface area contributed by atoms with E-state index in [-0.39, 0.29) is 0 Å². The summed E-state index contributed by atoms with van der Waals surface area (Å²) in [7, 11) is 0. The molecule has 0 aromatic heterocycles. The number of nitriles is 1. The number of benzene rings is 1. The van der Waals surface area contributed by atoms with Gasteiger partial charge >= 0.3 is 5.97 Å². The molecule has 0 fully saturated rings. The van der Waals surface area contributed by atoms with Crippen LogP contribution in [-0.4, -0.2) is 11.1 Å². The molecule has 1 aromatic carbocycles. The molecular weight excluding hydrogens is 250 g/mol. The van der Waals surface area contributed by atoms with Crippen LogP contribution in [0, 0.1) is 11.3 Å². The molecule has 1 N–H and O–H groups in total. The van der Waals surface area contributed by atoms with Crippen LogP contribution in [0.2, 0.25) is 0 Å². The molecule has 0 spiro atoms.